The first-order valence-corrected chi connectivity index (χ1v) is 9.31. The zero-order valence-corrected chi connectivity index (χ0v) is 15.9. The molecule has 2 aromatic rings. The number of carbonyl (C=O) groups excluding carboxylic acids is 2. The number of rotatable bonds is 8. The molecule has 144 valence electrons. The number of thioether (sulfide) groups is 1. The molecule has 1 aromatic carbocycles. The molecule has 1 atom stereocenters. The largest absolute Gasteiger partial charge is 0.462 e. The summed E-state index contributed by atoms with van der Waals surface area (Å²) in [6.45, 7) is 4.07. The van der Waals surface area contributed by atoms with E-state index in [1.54, 1.807) is 19.1 Å². The predicted octanol–water partition coefficient (Wildman–Crippen LogP) is 2.56. The molecule has 1 heterocycles. The molecule has 0 spiro atoms. The summed E-state index contributed by atoms with van der Waals surface area (Å²) in [7, 11) is 0. The van der Waals surface area contributed by atoms with Gasteiger partial charge in [0.2, 0.25) is 5.91 Å². The van der Waals surface area contributed by atoms with Crippen LogP contribution in [0.5, 0.6) is 0 Å². The SMILES string of the molecule is CCOC(=O)c1cnc(S[C@H](CC)C(=O)NCc2ccc(F)cc2)nc1N. The molecule has 27 heavy (non-hydrogen) atoms. The molecular formula is C18H21FN4O3S. The number of halogens is 1. The van der Waals surface area contributed by atoms with Crippen molar-refractivity contribution in [2.24, 2.45) is 0 Å². The summed E-state index contributed by atoms with van der Waals surface area (Å²) in [5.74, 6) is -1.10. The Morgan fingerprint density at radius 3 is 2.59 bits per heavy atom. The summed E-state index contributed by atoms with van der Waals surface area (Å²) in [4.78, 5) is 32.3. The molecule has 1 amide bonds. The molecule has 2 rings (SSSR count). The lowest BCUT2D eigenvalue weighted by atomic mass is 10.2. The molecule has 0 fully saturated rings. The van der Waals surface area contributed by atoms with Crippen LogP contribution < -0.4 is 11.1 Å². The normalized spacial score (nSPS) is 11.7. The summed E-state index contributed by atoms with van der Waals surface area (Å²) in [6, 6.07) is 5.91. The van der Waals surface area contributed by atoms with E-state index in [1.165, 1.54) is 18.3 Å². The second-order valence-corrected chi connectivity index (χ2v) is 6.70. The number of nitrogens with two attached hydrogens (primary N) is 1. The van der Waals surface area contributed by atoms with E-state index in [9.17, 15) is 14.0 Å². The van der Waals surface area contributed by atoms with E-state index in [1.807, 2.05) is 6.92 Å². The average Bonchev–Trinajstić information content (AvgIpc) is 2.65. The van der Waals surface area contributed by atoms with Gasteiger partial charge in [-0.15, -0.1) is 0 Å². The molecule has 1 aromatic heterocycles. The molecule has 7 nitrogen and oxygen atoms in total. The fourth-order valence-electron chi connectivity index (χ4n) is 2.16. The van der Waals surface area contributed by atoms with Gasteiger partial charge in [-0.2, -0.15) is 0 Å². The van der Waals surface area contributed by atoms with Gasteiger partial charge in [0, 0.05) is 12.7 Å². The molecule has 0 radical (unpaired) electrons. The third kappa shape index (κ3) is 5.92. The number of esters is 1. The van der Waals surface area contributed by atoms with Crippen molar-refractivity contribution < 1.29 is 18.7 Å². The summed E-state index contributed by atoms with van der Waals surface area (Å²) < 4.78 is 17.8. The average molecular weight is 392 g/mol. The van der Waals surface area contributed by atoms with Crippen molar-refractivity contribution in [2.75, 3.05) is 12.3 Å². The van der Waals surface area contributed by atoms with Gasteiger partial charge in [-0.3, -0.25) is 4.79 Å². The molecule has 0 aliphatic carbocycles. The van der Waals surface area contributed by atoms with Crippen LogP contribution in [0.25, 0.3) is 0 Å². The zero-order chi connectivity index (χ0) is 19.8. The predicted molar refractivity (Wildman–Crippen MR) is 101 cm³/mol. The fourth-order valence-corrected chi connectivity index (χ4v) is 3.03. The molecular weight excluding hydrogens is 371 g/mol. The van der Waals surface area contributed by atoms with Crippen molar-refractivity contribution in [3.63, 3.8) is 0 Å². The Hall–Kier alpha value is -2.68. The first-order chi connectivity index (χ1) is 12.9. The van der Waals surface area contributed by atoms with Crippen LogP contribution in [0.4, 0.5) is 10.2 Å². The van der Waals surface area contributed by atoms with Crippen molar-refractivity contribution in [3.05, 3.63) is 47.4 Å². The van der Waals surface area contributed by atoms with Crippen molar-refractivity contribution in [1.29, 1.82) is 0 Å². The Balaban J connectivity index is 1.98. The number of hydrogen-bond donors (Lipinski definition) is 2. The first-order valence-electron chi connectivity index (χ1n) is 8.43. The molecule has 0 aliphatic rings. The van der Waals surface area contributed by atoms with E-state index in [0.717, 1.165) is 17.3 Å². The summed E-state index contributed by atoms with van der Waals surface area (Å²) in [5, 5.41) is 2.67. The van der Waals surface area contributed by atoms with Gasteiger partial charge < -0.3 is 15.8 Å². The standard InChI is InChI=1S/C18H21FN4O3S/c1-3-14(16(24)21-9-11-5-7-12(19)8-6-11)27-18-22-10-13(15(20)23-18)17(25)26-4-2/h5-8,10,14H,3-4,9H2,1-2H3,(H,21,24)(H2,20,22,23)/t14-/m1/s1. The Kier molecular flexibility index (Phi) is 7.54. The molecule has 9 heteroatoms. The minimum Gasteiger partial charge on any atom is -0.462 e. The smallest absolute Gasteiger partial charge is 0.343 e. The Bertz CT molecular complexity index is 802. The van der Waals surface area contributed by atoms with Crippen LogP contribution in [-0.2, 0) is 16.1 Å². The minimum absolute atomic E-state index is 0.00697. The number of nitrogen functional groups attached to an aromatic ring is 1. The zero-order valence-electron chi connectivity index (χ0n) is 15.1. The van der Waals surface area contributed by atoms with Gasteiger partial charge in [0.1, 0.15) is 17.2 Å². The minimum atomic E-state index is -0.587. The van der Waals surface area contributed by atoms with Crippen LogP contribution in [0.1, 0.15) is 36.2 Å². The third-order valence-electron chi connectivity index (χ3n) is 3.58. The molecule has 3 N–H and O–H groups in total. The molecule has 0 unspecified atom stereocenters. The Labute approximate surface area is 160 Å². The molecule has 0 bridgehead atoms. The van der Waals surface area contributed by atoms with Crippen molar-refractivity contribution >= 4 is 29.5 Å². The second kappa shape index (κ2) is 9.86. The maximum absolute atomic E-state index is 12.9. The van der Waals surface area contributed by atoms with Crippen LogP contribution in [-0.4, -0.2) is 33.7 Å². The van der Waals surface area contributed by atoms with Crippen LogP contribution in [0.2, 0.25) is 0 Å². The van der Waals surface area contributed by atoms with Gasteiger partial charge in [0.05, 0.1) is 11.9 Å². The lowest BCUT2D eigenvalue weighted by Crippen LogP contribution is -2.32. The summed E-state index contributed by atoms with van der Waals surface area (Å²) in [6.07, 6.45) is 1.84. The second-order valence-electron chi connectivity index (χ2n) is 5.53. The summed E-state index contributed by atoms with van der Waals surface area (Å²) >= 11 is 1.16. The van der Waals surface area contributed by atoms with Gasteiger partial charge >= 0.3 is 5.97 Å². The number of nitrogens with zero attached hydrogens (tertiary/aromatic N) is 2. The van der Waals surface area contributed by atoms with E-state index in [2.05, 4.69) is 15.3 Å². The van der Waals surface area contributed by atoms with E-state index in [-0.39, 0.29) is 29.7 Å². The van der Waals surface area contributed by atoms with E-state index >= 15 is 0 Å². The lowest BCUT2D eigenvalue weighted by molar-refractivity contribution is -0.120. The topological polar surface area (TPSA) is 107 Å². The number of carbonyl (C=O) groups is 2. The highest BCUT2D eigenvalue weighted by atomic mass is 32.2. The quantitative estimate of drug-likeness (QED) is 0.404. The monoisotopic (exact) mass is 392 g/mol. The molecule has 0 saturated carbocycles. The maximum Gasteiger partial charge on any atom is 0.343 e. The Morgan fingerprint density at radius 1 is 1.30 bits per heavy atom. The first kappa shape index (κ1) is 20.6. The molecule has 0 aliphatic heterocycles. The number of amides is 1. The molecule has 0 saturated heterocycles. The number of aromatic nitrogens is 2. The fraction of sp³-hybridized carbons (Fsp3) is 0.333. The van der Waals surface area contributed by atoms with E-state index in [4.69, 9.17) is 10.5 Å². The number of hydrogen-bond acceptors (Lipinski definition) is 7. The highest BCUT2D eigenvalue weighted by Gasteiger charge is 2.21. The summed E-state index contributed by atoms with van der Waals surface area (Å²) in [5.41, 5.74) is 6.68. The highest BCUT2D eigenvalue weighted by Crippen LogP contribution is 2.24. The van der Waals surface area contributed by atoms with Crippen LogP contribution in [0, 0.1) is 5.82 Å². The van der Waals surface area contributed by atoms with Gasteiger partial charge in [-0.1, -0.05) is 30.8 Å². The van der Waals surface area contributed by atoms with Crippen LogP contribution in [0.3, 0.4) is 0 Å². The van der Waals surface area contributed by atoms with E-state index in [0.29, 0.717) is 18.1 Å². The lowest BCUT2D eigenvalue weighted by Gasteiger charge is -2.14. The van der Waals surface area contributed by atoms with Crippen LogP contribution in [0.15, 0.2) is 35.6 Å². The van der Waals surface area contributed by atoms with Gasteiger partial charge in [0.15, 0.2) is 5.16 Å². The number of nitrogens with one attached hydrogen (secondary N) is 1. The van der Waals surface area contributed by atoms with Gasteiger partial charge in [-0.25, -0.2) is 19.2 Å². The van der Waals surface area contributed by atoms with Crippen molar-refractivity contribution in [1.82, 2.24) is 15.3 Å². The number of benzene rings is 1. The van der Waals surface area contributed by atoms with E-state index < -0.39 is 11.2 Å². The number of anilines is 1. The van der Waals surface area contributed by atoms with Gasteiger partial charge in [-0.05, 0) is 31.0 Å². The van der Waals surface area contributed by atoms with Crippen molar-refractivity contribution in [2.45, 2.75) is 37.2 Å². The third-order valence-corrected chi connectivity index (χ3v) is 4.82. The van der Waals surface area contributed by atoms with Crippen molar-refractivity contribution in [3.8, 4) is 0 Å². The maximum atomic E-state index is 12.9. The Morgan fingerprint density at radius 2 is 2.00 bits per heavy atom. The van der Waals surface area contributed by atoms with Gasteiger partial charge in [0.25, 0.3) is 0 Å². The highest BCUT2D eigenvalue weighted by molar-refractivity contribution is 8.00. The number of ether oxygens (including phenoxy) is 1. The van der Waals surface area contributed by atoms with Crippen LogP contribution >= 0.6 is 11.8 Å².